The molecule has 4 aromatic rings. The molecule has 1 aliphatic heterocycles. The summed E-state index contributed by atoms with van der Waals surface area (Å²) in [6.45, 7) is 3.63. The highest BCUT2D eigenvalue weighted by molar-refractivity contribution is 5.92. The smallest absolute Gasteiger partial charge is 0.342 e. The number of fused-ring (bicyclic) bond motifs is 1. The van der Waals surface area contributed by atoms with Gasteiger partial charge >= 0.3 is 5.97 Å². The number of rotatable bonds is 5. The number of aryl methyl sites for hydroxylation is 1. The van der Waals surface area contributed by atoms with Crippen LogP contribution in [0.1, 0.15) is 44.7 Å². The van der Waals surface area contributed by atoms with Crippen molar-refractivity contribution < 1.29 is 23.4 Å². The van der Waals surface area contributed by atoms with Gasteiger partial charge in [-0.1, -0.05) is 48.5 Å². The molecule has 1 atom stereocenters. The van der Waals surface area contributed by atoms with E-state index in [-0.39, 0.29) is 13.2 Å². The monoisotopic (exact) mass is 458 g/mol. The quantitative estimate of drug-likeness (QED) is 0.365. The summed E-state index contributed by atoms with van der Waals surface area (Å²) in [6, 6.07) is 21.7. The Balaban J connectivity index is 1.38. The first-order valence-corrected chi connectivity index (χ1v) is 10.9. The number of carbonyl (C=O) groups excluding carboxylic acids is 1. The number of aromatic nitrogens is 2. The summed E-state index contributed by atoms with van der Waals surface area (Å²) in [4.78, 5) is 13.0. The van der Waals surface area contributed by atoms with Gasteiger partial charge in [0.25, 0.3) is 0 Å². The van der Waals surface area contributed by atoms with Gasteiger partial charge in [-0.15, -0.1) is 0 Å². The Morgan fingerprint density at radius 2 is 1.79 bits per heavy atom. The van der Waals surface area contributed by atoms with E-state index >= 15 is 0 Å². The van der Waals surface area contributed by atoms with E-state index in [9.17, 15) is 9.18 Å². The van der Waals surface area contributed by atoms with Gasteiger partial charge in [0.05, 0.1) is 23.7 Å². The Morgan fingerprint density at radius 1 is 1.09 bits per heavy atom. The average Bonchev–Trinajstić information content (AvgIpc) is 3.16. The van der Waals surface area contributed by atoms with Crippen LogP contribution in [0.5, 0.6) is 5.75 Å². The number of ether oxygens (including phenoxy) is 3. The molecule has 0 spiro atoms. The number of nitrogens with zero attached hydrogens (tertiary/aromatic N) is 2. The number of esters is 1. The molecule has 6 nitrogen and oxygen atoms in total. The SMILES string of the molecule is Cc1nn(-c2ccccc2)c(C)c1C(=O)OCc1cc(F)cc2c1O[C@@H](c1ccccc1)OC2. The van der Waals surface area contributed by atoms with Crippen LogP contribution in [0.15, 0.2) is 72.8 Å². The van der Waals surface area contributed by atoms with E-state index in [2.05, 4.69) is 5.10 Å². The maximum atomic E-state index is 14.3. The predicted octanol–water partition coefficient (Wildman–Crippen LogP) is 5.59. The highest BCUT2D eigenvalue weighted by Crippen LogP contribution is 2.37. The summed E-state index contributed by atoms with van der Waals surface area (Å²) in [5.74, 6) is -0.496. The summed E-state index contributed by atoms with van der Waals surface area (Å²) >= 11 is 0. The minimum Gasteiger partial charge on any atom is -0.460 e. The van der Waals surface area contributed by atoms with Crippen molar-refractivity contribution in [3.05, 3.63) is 112 Å². The lowest BCUT2D eigenvalue weighted by Gasteiger charge is -2.28. The third-order valence-corrected chi connectivity index (χ3v) is 5.75. The van der Waals surface area contributed by atoms with E-state index in [0.29, 0.717) is 33.8 Å². The first-order chi connectivity index (χ1) is 16.5. The van der Waals surface area contributed by atoms with Crippen molar-refractivity contribution in [2.24, 2.45) is 0 Å². The summed E-state index contributed by atoms with van der Waals surface area (Å²) in [7, 11) is 0. The molecule has 172 valence electrons. The van der Waals surface area contributed by atoms with Crippen LogP contribution in [0, 0.1) is 19.7 Å². The van der Waals surface area contributed by atoms with Crippen molar-refractivity contribution in [1.82, 2.24) is 9.78 Å². The van der Waals surface area contributed by atoms with Gasteiger partial charge in [-0.3, -0.25) is 0 Å². The van der Waals surface area contributed by atoms with Gasteiger partial charge in [-0.2, -0.15) is 5.10 Å². The van der Waals surface area contributed by atoms with Crippen LogP contribution < -0.4 is 4.74 Å². The van der Waals surface area contributed by atoms with Crippen LogP contribution in [-0.2, 0) is 22.7 Å². The van der Waals surface area contributed by atoms with Crippen LogP contribution in [0.25, 0.3) is 5.69 Å². The fourth-order valence-corrected chi connectivity index (χ4v) is 4.13. The average molecular weight is 458 g/mol. The van der Waals surface area contributed by atoms with Crippen LogP contribution in [0.2, 0.25) is 0 Å². The van der Waals surface area contributed by atoms with Crippen molar-refractivity contribution in [3.63, 3.8) is 0 Å². The van der Waals surface area contributed by atoms with E-state index < -0.39 is 18.1 Å². The molecule has 0 unspecified atom stereocenters. The Labute approximate surface area is 196 Å². The first-order valence-electron chi connectivity index (χ1n) is 10.9. The molecule has 0 radical (unpaired) electrons. The second-order valence-electron chi connectivity index (χ2n) is 8.09. The Bertz CT molecular complexity index is 1340. The second-order valence-corrected chi connectivity index (χ2v) is 8.09. The zero-order valence-electron chi connectivity index (χ0n) is 18.8. The minimum absolute atomic E-state index is 0.143. The molecule has 0 fully saturated rings. The standard InChI is InChI=1S/C27H23FN2O4/c1-17-24(18(2)30(29-17)23-11-7-4-8-12-23)26(31)32-15-20-13-22(28)14-21-16-33-27(34-25(20)21)19-9-5-3-6-10-19/h3-14,27H,15-16H2,1-2H3/t27-/m0/s1. The van der Waals surface area contributed by atoms with E-state index in [0.717, 1.165) is 11.3 Å². The third kappa shape index (κ3) is 4.18. The zero-order valence-corrected chi connectivity index (χ0v) is 18.8. The van der Waals surface area contributed by atoms with E-state index in [4.69, 9.17) is 14.2 Å². The number of para-hydroxylation sites is 1. The molecule has 0 aliphatic carbocycles. The number of benzene rings is 3. The van der Waals surface area contributed by atoms with E-state index in [1.807, 2.05) is 67.6 Å². The minimum atomic E-state index is -0.623. The van der Waals surface area contributed by atoms with Gasteiger partial charge in [0, 0.05) is 16.7 Å². The number of hydrogen-bond donors (Lipinski definition) is 0. The molecule has 1 aliphatic rings. The fourth-order valence-electron chi connectivity index (χ4n) is 4.13. The lowest BCUT2D eigenvalue weighted by molar-refractivity contribution is -0.112. The fraction of sp³-hybridized carbons (Fsp3) is 0.185. The Hall–Kier alpha value is -3.97. The molecule has 2 heterocycles. The van der Waals surface area contributed by atoms with Crippen molar-refractivity contribution in [2.75, 3.05) is 0 Å². The van der Waals surface area contributed by atoms with Crippen LogP contribution >= 0.6 is 0 Å². The van der Waals surface area contributed by atoms with Crippen molar-refractivity contribution >= 4 is 5.97 Å². The van der Waals surface area contributed by atoms with Gasteiger partial charge in [0.2, 0.25) is 6.29 Å². The molecule has 1 aromatic heterocycles. The number of halogens is 1. The Kier molecular flexibility index (Phi) is 5.86. The first kappa shape index (κ1) is 21.9. The lowest BCUT2D eigenvalue weighted by Crippen LogP contribution is -2.20. The summed E-state index contributed by atoms with van der Waals surface area (Å²) < 4.78 is 33.4. The van der Waals surface area contributed by atoms with Crippen molar-refractivity contribution in [1.29, 1.82) is 0 Å². The van der Waals surface area contributed by atoms with Crippen molar-refractivity contribution in [2.45, 2.75) is 33.4 Å². The van der Waals surface area contributed by atoms with Crippen molar-refractivity contribution in [3.8, 4) is 11.4 Å². The predicted molar refractivity (Wildman–Crippen MR) is 123 cm³/mol. The summed E-state index contributed by atoms with van der Waals surface area (Å²) in [5, 5.41) is 4.50. The maximum Gasteiger partial charge on any atom is 0.342 e. The van der Waals surface area contributed by atoms with Crippen LogP contribution in [0.3, 0.4) is 0 Å². The molecule has 0 saturated heterocycles. The lowest BCUT2D eigenvalue weighted by atomic mass is 10.1. The summed E-state index contributed by atoms with van der Waals surface area (Å²) in [6.07, 6.45) is -0.623. The molecule has 0 amide bonds. The Morgan fingerprint density at radius 3 is 2.53 bits per heavy atom. The summed E-state index contributed by atoms with van der Waals surface area (Å²) in [5.41, 5.74) is 4.33. The molecule has 7 heteroatoms. The topological polar surface area (TPSA) is 62.6 Å². The molecule has 5 rings (SSSR count). The maximum absolute atomic E-state index is 14.3. The highest BCUT2D eigenvalue weighted by atomic mass is 19.1. The van der Waals surface area contributed by atoms with Crippen LogP contribution in [-0.4, -0.2) is 15.7 Å². The molecule has 34 heavy (non-hydrogen) atoms. The molecule has 0 saturated carbocycles. The van der Waals surface area contributed by atoms with Gasteiger partial charge in [-0.05, 0) is 38.1 Å². The number of carbonyl (C=O) groups is 1. The zero-order chi connectivity index (χ0) is 23.7. The van der Waals surface area contributed by atoms with Gasteiger partial charge in [-0.25, -0.2) is 13.9 Å². The van der Waals surface area contributed by atoms with E-state index in [1.165, 1.54) is 12.1 Å². The van der Waals surface area contributed by atoms with Gasteiger partial charge < -0.3 is 14.2 Å². The third-order valence-electron chi connectivity index (χ3n) is 5.75. The second kappa shape index (κ2) is 9.11. The van der Waals surface area contributed by atoms with Gasteiger partial charge in [0.1, 0.15) is 23.7 Å². The van der Waals surface area contributed by atoms with Gasteiger partial charge in [0.15, 0.2) is 0 Å². The van der Waals surface area contributed by atoms with E-state index in [1.54, 1.807) is 11.6 Å². The molecule has 0 bridgehead atoms. The highest BCUT2D eigenvalue weighted by Gasteiger charge is 2.27. The number of hydrogen-bond acceptors (Lipinski definition) is 5. The normalized spacial score (nSPS) is 14.9. The molecule has 3 aromatic carbocycles. The molecular weight excluding hydrogens is 435 g/mol. The molecule has 0 N–H and O–H groups in total. The largest absolute Gasteiger partial charge is 0.460 e. The molecular formula is C27H23FN2O4. The van der Waals surface area contributed by atoms with Crippen LogP contribution in [0.4, 0.5) is 4.39 Å².